The second-order valence-electron chi connectivity index (χ2n) is 5.82. The average Bonchev–Trinajstić information content (AvgIpc) is 2.70. The van der Waals surface area contributed by atoms with Crippen molar-refractivity contribution in [3.63, 3.8) is 0 Å². The zero-order chi connectivity index (χ0) is 20.9. The Morgan fingerprint density at radius 2 is 1.62 bits per heavy atom. The highest BCUT2D eigenvalue weighted by Gasteiger charge is 2.07. The van der Waals surface area contributed by atoms with E-state index in [2.05, 4.69) is 27.5 Å². The Labute approximate surface area is 172 Å². The molecule has 0 radical (unpaired) electrons. The Kier molecular flexibility index (Phi) is 6.17. The van der Waals surface area contributed by atoms with Crippen molar-refractivity contribution < 1.29 is 13.6 Å². The summed E-state index contributed by atoms with van der Waals surface area (Å²) in [6.07, 6.45) is 3.11. The van der Waals surface area contributed by atoms with Crippen molar-refractivity contribution in [2.75, 3.05) is 5.32 Å². The fraction of sp³-hybridized carbons (Fsp3) is 0. The number of aromatic nitrogens is 3. The molecule has 8 nitrogen and oxygen atoms in total. The van der Waals surface area contributed by atoms with Crippen molar-refractivity contribution >= 4 is 44.8 Å². The standard InChI is InChI=1S/C14H12N4O2S.C5H5NOS/c15-21(19,20)11-7-5-10(6-8-11)17-14-9-16-12-3-1-2-4-13(12)18-14;7-6-4-2-1-3-5(6)8/h1-9H,(H,17,18)(H2,15,19,20);1-4,7H. The third-order valence-electron chi connectivity index (χ3n) is 3.71. The summed E-state index contributed by atoms with van der Waals surface area (Å²) in [5.74, 6) is 0.581. The summed E-state index contributed by atoms with van der Waals surface area (Å²) in [6, 6.07) is 18.8. The van der Waals surface area contributed by atoms with Crippen LogP contribution in [0.25, 0.3) is 11.0 Å². The number of hydrogen-bond acceptors (Lipinski definition) is 7. The Balaban J connectivity index is 0.000000252. The molecule has 0 unspecified atom stereocenters. The number of rotatable bonds is 3. The van der Waals surface area contributed by atoms with Gasteiger partial charge in [0.25, 0.3) is 0 Å². The van der Waals surface area contributed by atoms with Crippen LogP contribution in [0.5, 0.6) is 0 Å². The van der Waals surface area contributed by atoms with Crippen LogP contribution in [0, 0.1) is 4.64 Å². The number of hydrogen-bond donors (Lipinski definition) is 3. The highest BCUT2D eigenvalue weighted by molar-refractivity contribution is 7.89. The molecule has 0 aliphatic carbocycles. The lowest BCUT2D eigenvalue weighted by atomic mass is 10.3. The number of sulfonamides is 1. The summed E-state index contributed by atoms with van der Waals surface area (Å²) in [4.78, 5) is 8.79. The molecule has 0 saturated heterocycles. The Morgan fingerprint density at radius 3 is 2.21 bits per heavy atom. The van der Waals surface area contributed by atoms with Gasteiger partial charge in [-0.25, -0.2) is 18.5 Å². The molecule has 148 valence electrons. The molecule has 29 heavy (non-hydrogen) atoms. The highest BCUT2D eigenvalue weighted by Crippen LogP contribution is 2.18. The van der Waals surface area contributed by atoms with Crippen molar-refractivity contribution in [3.8, 4) is 0 Å². The summed E-state index contributed by atoms with van der Waals surface area (Å²) in [6.45, 7) is 0. The minimum absolute atomic E-state index is 0.0673. The van der Waals surface area contributed by atoms with E-state index in [1.807, 2.05) is 24.3 Å². The monoisotopic (exact) mass is 427 g/mol. The van der Waals surface area contributed by atoms with Crippen molar-refractivity contribution in [1.29, 1.82) is 0 Å². The quantitative estimate of drug-likeness (QED) is 0.338. The molecule has 0 fully saturated rings. The van der Waals surface area contributed by atoms with Crippen LogP contribution in [0.2, 0.25) is 0 Å². The van der Waals surface area contributed by atoms with E-state index in [0.717, 1.165) is 15.8 Å². The molecule has 4 N–H and O–H groups in total. The minimum atomic E-state index is -3.68. The third kappa shape index (κ3) is 5.57. The van der Waals surface area contributed by atoms with Gasteiger partial charge in [-0.15, -0.1) is 0 Å². The van der Waals surface area contributed by atoms with E-state index in [1.54, 1.807) is 36.5 Å². The molecule has 0 aliphatic rings. The maximum Gasteiger partial charge on any atom is 0.238 e. The maximum absolute atomic E-state index is 11.2. The SMILES string of the molecule is NS(=O)(=O)c1ccc(Nc2cnc3ccccc3n2)cc1.On1ccccc1=S. The molecular weight excluding hydrogens is 410 g/mol. The molecule has 4 rings (SSSR count). The molecule has 0 saturated carbocycles. The summed E-state index contributed by atoms with van der Waals surface area (Å²) in [5.41, 5.74) is 2.29. The number of nitrogens with one attached hydrogen (secondary N) is 1. The number of fused-ring (bicyclic) bond motifs is 1. The molecule has 0 aliphatic heterocycles. The van der Waals surface area contributed by atoms with E-state index in [9.17, 15) is 8.42 Å². The van der Waals surface area contributed by atoms with Crippen molar-refractivity contribution in [2.24, 2.45) is 5.14 Å². The van der Waals surface area contributed by atoms with Crippen LogP contribution in [0.1, 0.15) is 0 Å². The number of pyridine rings is 1. The van der Waals surface area contributed by atoms with Gasteiger partial charge in [0, 0.05) is 11.9 Å². The van der Waals surface area contributed by atoms with E-state index in [-0.39, 0.29) is 4.90 Å². The van der Waals surface area contributed by atoms with Gasteiger partial charge in [0.2, 0.25) is 10.0 Å². The molecule has 2 aromatic carbocycles. The number of primary sulfonamides is 1. The number of nitrogens with zero attached hydrogens (tertiary/aromatic N) is 3. The second kappa shape index (κ2) is 8.78. The van der Waals surface area contributed by atoms with Gasteiger partial charge in [0.1, 0.15) is 10.5 Å². The molecule has 0 bridgehead atoms. The lowest BCUT2D eigenvalue weighted by Crippen LogP contribution is -2.11. The van der Waals surface area contributed by atoms with Crippen LogP contribution in [-0.4, -0.2) is 28.3 Å². The molecule has 0 amide bonds. The number of anilines is 2. The van der Waals surface area contributed by atoms with Gasteiger partial charge >= 0.3 is 0 Å². The first-order chi connectivity index (χ1) is 13.8. The molecule has 10 heteroatoms. The first-order valence-corrected chi connectivity index (χ1v) is 10.3. The van der Waals surface area contributed by atoms with Crippen LogP contribution in [0.3, 0.4) is 0 Å². The maximum atomic E-state index is 11.2. The Bertz CT molecular complexity index is 1290. The highest BCUT2D eigenvalue weighted by atomic mass is 32.2. The topological polar surface area (TPSA) is 123 Å². The first kappa shape index (κ1) is 20.4. The molecule has 0 spiro atoms. The zero-order valence-corrected chi connectivity index (χ0v) is 16.6. The van der Waals surface area contributed by atoms with E-state index >= 15 is 0 Å². The van der Waals surface area contributed by atoms with Crippen LogP contribution < -0.4 is 10.5 Å². The summed E-state index contributed by atoms with van der Waals surface area (Å²) < 4.78 is 23.7. The summed E-state index contributed by atoms with van der Waals surface area (Å²) >= 11 is 4.67. The van der Waals surface area contributed by atoms with Gasteiger partial charge in [0.05, 0.1) is 22.1 Å². The summed E-state index contributed by atoms with van der Waals surface area (Å²) in [5, 5.41) is 16.8. The van der Waals surface area contributed by atoms with Gasteiger partial charge in [-0.1, -0.05) is 30.4 Å². The van der Waals surface area contributed by atoms with Crippen molar-refractivity contribution in [1.82, 2.24) is 14.7 Å². The second-order valence-corrected chi connectivity index (χ2v) is 7.80. The number of para-hydroxylation sites is 2. The predicted molar refractivity (Wildman–Crippen MR) is 113 cm³/mol. The molecule has 2 aromatic heterocycles. The van der Waals surface area contributed by atoms with Crippen LogP contribution in [-0.2, 0) is 10.0 Å². The average molecular weight is 428 g/mol. The largest absolute Gasteiger partial charge is 0.428 e. The van der Waals surface area contributed by atoms with Crippen molar-refractivity contribution in [3.05, 3.63) is 83.8 Å². The number of benzene rings is 2. The van der Waals surface area contributed by atoms with E-state index in [4.69, 9.17) is 10.3 Å². The van der Waals surface area contributed by atoms with E-state index in [0.29, 0.717) is 16.1 Å². The number of nitrogens with two attached hydrogens (primary N) is 1. The molecular formula is C19H17N5O3S2. The normalized spacial score (nSPS) is 10.8. The van der Waals surface area contributed by atoms with Crippen LogP contribution >= 0.6 is 12.2 Å². The van der Waals surface area contributed by atoms with E-state index < -0.39 is 10.0 Å². The lowest BCUT2D eigenvalue weighted by molar-refractivity contribution is 0.180. The van der Waals surface area contributed by atoms with Gasteiger partial charge in [-0.2, -0.15) is 4.73 Å². The fourth-order valence-electron chi connectivity index (χ4n) is 2.31. The predicted octanol–water partition coefficient (Wildman–Crippen LogP) is 3.48. The lowest BCUT2D eigenvalue weighted by Gasteiger charge is -2.06. The Morgan fingerprint density at radius 1 is 0.966 bits per heavy atom. The fourth-order valence-corrected chi connectivity index (χ4v) is 2.97. The van der Waals surface area contributed by atoms with Gasteiger partial charge < -0.3 is 10.5 Å². The van der Waals surface area contributed by atoms with E-state index in [1.165, 1.54) is 18.3 Å². The molecule has 0 atom stereocenters. The van der Waals surface area contributed by atoms with Gasteiger partial charge in [0.15, 0.2) is 0 Å². The summed E-state index contributed by atoms with van der Waals surface area (Å²) in [7, 11) is -3.68. The Hall–Kier alpha value is -3.34. The zero-order valence-electron chi connectivity index (χ0n) is 15.0. The first-order valence-electron chi connectivity index (χ1n) is 8.31. The van der Waals surface area contributed by atoms with Gasteiger partial charge in [-0.05, 0) is 48.5 Å². The van der Waals surface area contributed by atoms with Gasteiger partial charge in [-0.3, -0.25) is 4.98 Å². The van der Waals surface area contributed by atoms with Crippen LogP contribution in [0.4, 0.5) is 11.5 Å². The minimum Gasteiger partial charge on any atom is -0.428 e. The third-order valence-corrected chi connectivity index (χ3v) is 4.96. The molecule has 4 aromatic rings. The smallest absolute Gasteiger partial charge is 0.238 e. The molecule has 2 heterocycles. The van der Waals surface area contributed by atoms with Crippen LogP contribution in [0.15, 0.2) is 84.0 Å². The van der Waals surface area contributed by atoms with Crippen molar-refractivity contribution in [2.45, 2.75) is 4.90 Å².